The number of aryl methyl sites for hydroxylation is 2. The van der Waals surface area contributed by atoms with Crippen LogP contribution in [0, 0.1) is 6.92 Å². The van der Waals surface area contributed by atoms with Crippen LogP contribution in [0.25, 0.3) is 0 Å². The molecule has 0 saturated heterocycles. The maximum atomic E-state index is 13.0. The van der Waals surface area contributed by atoms with Gasteiger partial charge in [0.1, 0.15) is 5.82 Å². The van der Waals surface area contributed by atoms with Gasteiger partial charge in [0.15, 0.2) is 5.69 Å². The molecule has 1 saturated carbocycles. The maximum absolute atomic E-state index is 13.0. The summed E-state index contributed by atoms with van der Waals surface area (Å²) in [4.78, 5) is 12.3. The fourth-order valence-corrected chi connectivity index (χ4v) is 2.35. The summed E-state index contributed by atoms with van der Waals surface area (Å²) in [6.07, 6.45) is -1.75. The SMILES string of the molecule is CCn1cc(C(=O)Nc2nnc(C)n2C2CC2)c(C(F)(F)F)n1. The van der Waals surface area contributed by atoms with E-state index in [1.54, 1.807) is 18.4 Å². The number of anilines is 1. The Bertz CT molecular complexity index is 743. The van der Waals surface area contributed by atoms with Crippen LogP contribution in [-0.2, 0) is 12.7 Å². The molecule has 0 aromatic carbocycles. The zero-order valence-electron chi connectivity index (χ0n) is 12.6. The molecule has 0 spiro atoms. The first-order valence-electron chi connectivity index (χ1n) is 7.18. The van der Waals surface area contributed by atoms with Crippen molar-refractivity contribution in [3.05, 3.63) is 23.3 Å². The number of nitrogens with one attached hydrogen (secondary N) is 1. The highest BCUT2D eigenvalue weighted by Crippen LogP contribution is 2.38. The number of hydrogen-bond donors (Lipinski definition) is 1. The lowest BCUT2D eigenvalue weighted by Gasteiger charge is -2.09. The molecule has 0 radical (unpaired) electrons. The van der Waals surface area contributed by atoms with Crippen LogP contribution in [-0.4, -0.2) is 30.5 Å². The molecule has 0 unspecified atom stereocenters. The standard InChI is InChI=1S/C13H15F3N6O/c1-3-21-6-9(10(20-21)13(14,15)16)11(23)17-12-19-18-7(2)22(12)8-4-5-8/h6,8H,3-5H2,1-2H3,(H,17,19,23). The van der Waals surface area contributed by atoms with Crippen molar-refractivity contribution in [3.8, 4) is 0 Å². The minimum Gasteiger partial charge on any atom is -0.294 e. The van der Waals surface area contributed by atoms with Gasteiger partial charge in [0.25, 0.3) is 5.91 Å². The van der Waals surface area contributed by atoms with Gasteiger partial charge < -0.3 is 0 Å². The number of halogens is 3. The Balaban J connectivity index is 1.91. The maximum Gasteiger partial charge on any atom is 0.435 e. The van der Waals surface area contributed by atoms with Crippen LogP contribution in [0.4, 0.5) is 19.1 Å². The van der Waals surface area contributed by atoms with E-state index in [1.807, 2.05) is 0 Å². The van der Waals surface area contributed by atoms with Gasteiger partial charge in [0.05, 0.1) is 5.56 Å². The third-order valence-corrected chi connectivity index (χ3v) is 3.60. The highest BCUT2D eigenvalue weighted by molar-refractivity contribution is 6.04. The zero-order valence-corrected chi connectivity index (χ0v) is 12.6. The van der Waals surface area contributed by atoms with Crippen molar-refractivity contribution in [2.45, 2.75) is 45.5 Å². The van der Waals surface area contributed by atoms with Gasteiger partial charge in [-0.15, -0.1) is 10.2 Å². The smallest absolute Gasteiger partial charge is 0.294 e. The van der Waals surface area contributed by atoms with E-state index in [-0.39, 0.29) is 18.5 Å². The average Bonchev–Trinajstić information content (AvgIpc) is 3.08. The predicted molar refractivity (Wildman–Crippen MR) is 73.9 cm³/mol. The summed E-state index contributed by atoms with van der Waals surface area (Å²) < 4.78 is 41.9. The molecule has 2 aromatic heterocycles. The Morgan fingerprint density at radius 1 is 1.39 bits per heavy atom. The third kappa shape index (κ3) is 2.92. The van der Waals surface area contributed by atoms with Crippen LogP contribution < -0.4 is 5.32 Å². The highest BCUT2D eigenvalue weighted by atomic mass is 19.4. The Kier molecular flexibility index (Phi) is 3.61. The van der Waals surface area contributed by atoms with E-state index in [4.69, 9.17) is 0 Å². The first-order valence-corrected chi connectivity index (χ1v) is 7.18. The van der Waals surface area contributed by atoms with Gasteiger partial charge in [-0.2, -0.15) is 18.3 Å². The summed E-state index contributed by atoms with van der Waals surface area (Å²) in [6.45, 7) is 3.60. The van der Waals surface area contributed by atoms with Crippen LogP contribution in [0.2, 0.25) is 0 Å². The second-order valence-corrected chi connectivity index (χ2v) is 5.37. The minimum absolute atomic E-state index is 0.160. The van der Waals surface area contributed by atoms with Crippen LogP contribution in [0.1, 0.15) is 47.7 Å². The number of rotatable bonds is 4. The molecule has 3 rings (SSSR count). The molecule has 0 bridgehead atoms. The molecule has 1 amide bonds. The van der Waals surface area contributed by atoms with E-state index in [0.717, 1.165) is 23.7 Å². The number of amides is 1. The highest BCUT2D eigenvalue weighted by Gasteiger charge is 2.39. The van der Waals surface area contributed by atoms with Gasteiger partial charge in [0.2, 0.25) is 5.95 Å². The second-order valence-electron chi connectivity index (χ2n) is 5.37. The van der Waals surface area contributed by atoms with Gasteiger partial charge >= 0.3 is 6.18 Å². The molecular formula is C13H15F3N6O. The molecule has 0 aliphatic heterocycles. The van der Waals surface area contributed by atoms with Crippen LogP contribution >= 0.6 is 0 Å². The van der Waals surface area contributed by atoms with E-state index < -0.39 is 23.3 Å². The molecule has 0 atom stereocenters. The van der Waals surface area contributed by atoms with Crippen LogP contribution in [0.15, 0.2) is 6.20 Å². The minimum atomic E-state index is -4.70. The van der Waals surface area contributed by atoms with Gasteiger partial charge in [0, 0.05) is 18.8 Å². The largest absolute Gasteiger partial charge is 0.435 e. The van der Waals surface area contributed by atoms with Crippen molar-refractivity contribution >= 4 is 11.9 Å². The first-order chi connectivity index (χ1) is 10.8. The molecule has 1 aliphatic carbocycles. The number of alkyl halides is 3. The van der Waals surface area contributed by atoms with Gasteiger partial charge in [-0.25, -0.2) is 0 Å². The van der Waals surface area contributed by atoms with E-state index in [0.29, 0.717) is 5.82 Å². The third-order valence-electron chi connectivity index (χ3n) is 3.60. The Labute approximate surface area is 129 Å². The fraction of sp³-hybridized carbons (Fsp3) is 0.538. The van der Waals surface area contributed by atoms with E-state index in [9.17, 15) is 18.0 Å². The van der Waals surface area contributed by atoms with Crippen LogP contribution in [0.3, 0.4) is 0 Å². The fourth-order valence-electron chi connectivity index (χ4n) is 2.35. The molecular weight excluding hydrogens is 313 g/mol. The Hall–Kier alpha value is -2.39. The van der Waals surface area contributed by atoms with Crippen molar-refractivity contribution in [1.29, 1.82) is 0 Å². The number of hydrogen-bond acceptors (Lipinski definition) is 4. The van der Waals surface area contributed by atoms with Gasteiger partial charge in [-0.3, -0.25) is 19.4 Å². The van der Waals surface area contributed by atoms with Crippen molar-refractivity contribution in [3.63, 3.8) is 0 Å². The summed E-state index contributed by atoms with van der Waals surface area (Å²) in [6, 6.07) is 0.195. The summed E-state index contributed by atoms with van der Waals surface area (Å²) in [7, 11) is 0. The zero-order chi connectivity index (χ0) is 16.8. The number of carbonyl (C=O) groups is 1. The lowest BCUT2D eigenvalue weighted by atomic mass is 10.2. The average molecular weight is 328 g/mol. The van der Waals surface area contributed by atoms with E-state index in [2.05, 4.69) is 20.6 Å². The van der Waals surface area contributed by atoms with E-state index >= 15 is 0 Å². The molecule has 1 aliphatic rings. The number of nitrogens with zero attached hydrogens (tertiary/aromatic N) is 5. The molecule has 2 heterocycles. The molecule has 1 N–H and O–H groups in total. The molecule has 1 fully saturated rings. The van der Waals surface area contributed by atoms with Crippen molar-refractivity contribution < 1.29 is 18.0 Å². The van der Waals surface area contributed by atoms with E-state index in [1.165, 1.54) is 0 Å². The summed E-state index contributed by atoms with van der Waals surface area (Å²) in [5.41, 5.74) is -1.73. The number of aromatic nitrogens is 5. The van der Waals surface area contributed by atoms with Gasteiger partial charge in [-0.05, 0) is 26.7 Å². The molecule has 2 aromatic rings. The monoisotopic (exact) mass is 328 g/mol. The Morgan fingerprint density at radius 2 is 2.09 bits per heavy atom. The van der Waals surface area contributed by atoms with Gasteiger partial charge in [-0.1, -0.05) is 0 Å². The molecule has 10 heteroatoms. The molecule has 124 valence electrons. The molecule has 23 heavy (non-hydrogen) atoms. The lowest BCUT2D eigenvalue weighted by molar-refractivity contribution is -0.141. The van der Waals surface area contributed by atoms with Crippen LogP contribution in [0.5, 0.6) is 0 Å². The predicted octanol–water partition coefficient (Wildman–Crippen LogP) is 2.41. The Morgan fingerprint density at radius 3 is 2.65 bits per heavy atom. The topological polar surface area (TPSA) is 77.6 Å². The summed E-state index contributed by atoms with van der Waals surface area (Å²) in [5.74, 6) is -0.123. The molecule has 7 nitrogen and oxygen atoms in total. The quantitative estimate of drug-likeness (QED) is 0.935. The second kappa shape index (κ2) is 5.36. The summed E-state index contributed by atoms with van der Waals surface area (Å²) in [5, 5.41) is 13.5. The summed E-state index contributed by atoms with van der Waals surface area (Å²) >= 11 is 0. The normalized spacial score (nSPS) is 15.0. The van der Waals surface area contributed by atoms with Crippen molar-refractivity contribution in [1.82, 2.24) is 24.5 Å². The van der Waals surface area contributed by atoms with Crippen molar-refractivity contribution in [2.75, 3.05) is 5.32 Å². The number of carbonyl (C=O) groups excluding carboxylic acids is 1. The first kappa shape index (κ1) is 15.5. The van der Waals surface area contributed by atoms with Crippen molar-refractivity contribution in [2.24, 2.45) is 0 Å². The lowest BCUT2D eigenvalue weighted by Crippen LogP contribution is -2.20.